The van der Waals surface area contributed by atoms with E-state index in [1.165, 1.54) is 5.56 Å². The number of aromatic nitrogens is 2. The van der Waals surface area contributed by atoms with E-state index in [-0.39, 0.29) is 6.54 Å². The average molecular weight is 292 g/mol. The molecule has 0 radical (unpaired) electrons. The third kappa shape index (κ3) is 2.91. The van der Waals surface area contributed by atoms with E-state index in [9.17, 15) is 4.79 Å². The predicted molar refractivity (Wildman–Crippen MR) is 85.5 cm³/mol. The summed E-state index contributed by atoms with van der Waals surface area (Å²) in [7, 11) is 0. The number of aliphatic carboxylic acids is 1. The topological polar surface area (TPSA) is 55.1 Å². The van der Waals surface area contributed by atoms with Crippen LogP contribution in [0.2, 0.25) is 0 Å². The quantitative estimate of drug-likeness (QED) is 0.799. The predicted octanol–water partition coefficient (Wildman–Crippen LogP) is 3.61. The maximum absolute atomic E-state index is 11.1. The van der Waals surface area contributed by atoms with Crippen molar-refractivity contribution in [1.29, 1.82) is 0 Å². The summed E-state index contributed by atoms with van der Waals surface area (Å²) in [4.78, 5) is 15.7. The van der Waals surface area contributed by atoms with Crippen molar-refractivity contribution in [3.05, 3.63) is 66.4 Å². The molecular weight excluding hydrogens is 276 g/mol. The zero-order valence-electron chi connectivity index (χ0n) is 12.2. The number of rotatable bonds is 4. The van der Waals surface area contributed by atoms with Crippen molar-refractivity contribution >= 4 is 5.97 Å². The smallest absolute Gasteiger partial charge is 0.323 e. The summed E-state index contributed by atoms with van der Waals surface area (Å²) in [5.74, 6) is -0.219. The SMILES string of the molecule is Cc1ccc(-c2cn(CC(=O)O)c(-c3ccccc3)n2)cc1. The lowest BCUT2D eigenvalue weighted by molar-refractivity contribution is -0.137. The Balaban J connectivity index is 2.08. The van der Waals surface area contributed by atoms with Crippen molar-refractivity contribution in [2.24, 2.45) is 0 Å². The maximum atomic E-state index is 11.1. The molecule has 4 heteroatoms. The zero-order valence-corrected chi connectivity index (χ0v) is 12.2. The van der Waals surface area contributed by atoms with Gasteiger partial charge in [0.15, 0.2) is 0 Å². The number of nitrogens with zero attached hydrogens (tertiary/aromatic N) is 2. The van der Waals surface area contributed by atoms with E-state index >= 15 is 0 Å². The second kappa shape index (κ2) is 5.85. The Morgan fingerprint density at radius 3 is 2.36 bits per heavy atom. The summed E-state index contributed by atoms with van der Waals surface area (Å²) in [5, 5.41) is 9.11. The second-order valence-electron chi connectivity index (χ2n) is 5.20. The molecule has 4 nitrogen and oxygen atoms in total. The minimum atomic E-state index is -0.884. The summed E-state index contributed by atoms with van der Waals surface area (Å²) in [6, 6.07) is 17.7. The first-order valence-electron chi connectivity index (χ1n) is 7.05. The lowest BCUT2D eigenvalue weighted by Crippen LogP contribution is -2.09. The lowest BCUT2D eigenvalue weighted by Gasteiger charge is -2.04. The van der Waals surface area contributed by atoms with Gasteiger partial charge in [-0.1, -0.05) is 60.2 Å². The molecule has 1 heterocycles. The van der Waals surface area contributed by atoms with Gasteiger partial charge in [-0.2, -0.15) is 0 Å². The van der Waals surface area contributed by atoms with E-state index in [0.717, 1.165) is 16.8 Å². The standard InChI is InChI=1S/C18H16N2O2/c1-13-7-9-14(10-8-13)16-11-20(12-17(21)22)18(19-16)15-5-3-2-4-6-15/h2-11H,12H2,1H3,(H,21,22). The molecule has 110 valence electrons. The lowest BCUT2D eigenvalue weighted by atomic mass is 10.1. The van der Waals surface area contributed by atoms with Crippen LogP contribution >= 0.6 is 0 Å². The van der Waals surface area contributed by atoms with Crippen LogP contribution < -0.4 is 0 Å². The number of imidazole rings is 1. The molecule has 0 atom stereocenters. The minimum Gasteiger partial charge on any atom is -0.480 e. The van der Waals surface area contributed by atoms with Crippen LogP contribution in [0.4, 0.5) is 0 Å². The van der Waals surface area contributed by atoms with Gasteiger partial charge in [0.2, 0.25) is 0 Å². The van der Waals surface area contributed by atoms with E-state index < -0.39 is 5.97 Å². The number of hydrogen-bond acceptors (Lipinski definition) is 2. The van der Waals surface area contributed by atoms with Gasteiger partial charge in [0.25, 0.3) is 0 Å². The summed E-state index contributed by atoms with van der Waals surface area (Å²) in [6.07, 6.45) is 1.79. The molecule has 0 amide bonds. The first-order valence-corrected chi connectivity index (χ1v) is 7.05. The van der Waals surface area contributed by atoms with Crippen LogP contribution in [0.1, 0.15) is 5.56 Å². The van der Waals surface area contributed by atoms with Gasteiger partial charge in [-0.05, 0) is 6.92 Å². The van der Waals surface area contributed by atoms with Crippen molar-refractivity contribution < 1.29 is 9.90 Å². The number of carbonyl (C=O) groups is 1. The van der Waals surface area contributed by atoms with Gasteiger partial charge >= 0.3 is 5.97 Å². The van der Waals surface area contributed by atoms with E-state index in [0.29, 0.717) is 5.82 Å². The van der Waals surface area contributed by atoms with E-state index in [1.54, 1.807) is 10.8 Å². The first kappa shape index (κ1) is 14.1. The van der Waals surface area contributed by atoms with E-state index in [4.69, 9.17) is 5.11 Å². The van der Waals surface area contributed by atoms with E-state index in [1.807, 2.05) is 61.5 Å². The van der Waals surface area contributed by atoms with Crippen molar-refractivity contribution in [3.63, 3.8) is 0 Å². The monoisotopic (exact) mass is 292 g/mol. The second-order valence-corrected chi connectivity index (χ2v) is 5.20. The molecule has 1 N–H and O–H groups in total. The fraction of sp³-hybridized carbons (Fsp3) is 0.111. The molecule has 2 aromatic carbocycles. The van der Waals surface area contributed by atoms with Crippen LogP contribution in [0.3, 0.4) is 0 Å². The molecule has 0 fully saturated rings. The first-order chi connectivity index (χ1) is 10.6. The molecule has 0 saturated heterocycles. The summed E-state index contributed by atoms with van der Waals surface area (Å²) in [5.41, 5.74) is 3.84. The minimum absolute atomic E-state index is 0.108. The number of hydrogen-bond donors (Lipinski definition) is 1. The number of aryl methyl sites for hydroxylation is 1. The van der Waals surface area contributed by atoms with Crippen LogP contribution in [0.15, 0.2) is 60.8 Å². The summed E-state index contributed by atoms with van der Waals surface area (Å²) in [6.45, 7) is 1.92. The molecule has 22 heavy (non-hydrogen) atoms. The molecule has 0 saturated carbocycles. The van der Waals surface area contributed by atoms with Gasteiger partial charge in [0, 0.05) is 17.3 Å². The fourth-order valence-corrected chi connectivity index (χ4v) is 2.36. The van der Waals surface area contributed by atoms with Crippen LogP contribution in [0, 0.1) is 6.92 Å². The molecule has 3 rings (SSSR count). The molecule has 0 aliphatic heterocycles. The third-order valence-corrected chi connectivity index (χ3v) is 3.46. The fourth-order valence-electron chi connectivity index (χ4n) is 2.36. The van der Waals surface area contributed by atoms with Gasteiger partial charge in [0.1, 0.15) is 12.4 Å². The normalized spacial score (nSPS) is 10.6. The molecule has 0 spiro atoms. The molecule has 0 bridgehead atoms. The Hall–Kier alpha value is -2.88. The molecule has 1 aromatic heterocycles. The average Bonchev–Trinajstić information content (AvgIpc) is 2.92. The van der Waals surface area contributed by atoms with Crippen LogP contribution in [0.5, 0.6) is 0 Å². The van der Waals surface area contributed by atoms with Crippen molar-refractivity contribution in [2.45, 2.75) is 13.5 Å². The molecule has 0 unspecified atom stereocenters. The highest BCUT2D eigenvalue weighted by Crippen LogP contribution is 2.25. The van der Waals surface area contributed by atoms with E-state index in [2.05, 4.69) is 4.98 Å². The van der Waals surface area contributed by atoms with Crippen molar-refractivity contribution in [2.75, 3.05) is 0 Å². The largest absolute Gasteiger partial charge is 0.480 e. The highest BCUT2D eigenvalue weighted by molar-refractivity contribution is 5.70. The van der Waals surface area contributed by atoms with Gasteiger partial charge in [-0.15, -0.1) is 0 Å². The Labute approximate surface area is 128 Å². The zero-order chi connectivity index (χ0) is 15.5. The van der Waals surface area contributed by atoms with Gasteiger partial charge in [0.05, 0.1) is 5.69 Å². The molecule has 0 aliphatic rings. The highest BCUT2D eigenvalue weighted by Gasteiger charge is 2.13. The summed E-state index contributed by atoms with van der Waals surface area (Å²) >= 11 is 0. The third-order valence-electron chi connectivity index (χ3n) is 3.46. The Bertz CT molecular complexity index is 790. The maximum Gasteiger partial charge on any atom is 0.323 e. The van der Waals surface area contributed by atoms with Crippen LogP contribution in [-0.2, 0) is 11.3 Å². The molecule has 0 aliphatic carbocycles. The number of carboxylic acid groups (broad SMARTS) is 1. The number of carboxylic acids is 1. The molecule has 3 aromatic rings. The Morgan fingerprint density at radius 2 is 1.73 bits per heavy atom. The Kier molecular flexibility index (Phi) is 3.74. The van der Waals surface area contributed by atoms with Crippen molar-refractivity contribution in [3.8, 4) is 22.6 Å². The van der Waals surface area contributed by atoms with Gasteiger partial charge < -0.3 is 9.67 Å². The summed E-state index contributed by atoms with van der Waals surface area (Å²) < 4.78 is 1.67. The van der Waals surface area contributed by atoms with Crippen LogP contribution in [0.25, 0.3) is 22.6 Å². The number of benzene rings is 2. The Morgan fingerprint density at radius 1 is 1.05 bits per heavy atom. The van der Waals surface area contributed by atoms with Crippen LogP contribution in [-0.4, -0.2) is 20.6 Å². The van der Waals surface area contributed by atoms with Gasteiger partial charge in [-0.25, -0.2) is 4.98 Å². The van der Waals surface area contributed by atoms with Crippen molar-refractivity contribution in [1.82, 2.24) is 9.55 Å². The molecular formula is C18H16N2O2. The van der Waals surface area contributed by atoms with Gasteiger partial charge in [-0.3, -0.25) is 4.79 Å². The highest BCUT2D eigenvalue weighted by atomic mass is 16.4.